The highest BCUT2D eigenvalue weighted by atomic mass is 32.1. The van der Waals surface area contributed by atoms with E-state index < -0.39 is 10.8 Å². The molecule has 0 aliphatic rings. The summed E-state index contributed by atoms with van der Waals surface area (Å²) >= 11 is 5.24. The fourth-order valence-corrected chi connectivity index (χ4v) is 3.65. The molecular formula is C25H22N4O4S. The summed E-state index contributed by atoms with van der Waals surface area (Å²) < 4.78 is 5.94. The van der Waals surface area contributed by atoms with Crippen molar-refractivity contribution in [3.8, 4) is 11.5 Å². The van der Waals surface area contributed by atoms with E-state index in [-0.39, 0.29) is 16.4 Å². The van der Waals surface area contributed by atoms with Gasteiger partial charge in [-0.25, -0.2) is 4.98 Å². The fourth-order valence-electron chi connectivity index (χ4n) is 3.44. The van der Waals surface area contributed by atoms with Gasteiger partial charge in [0.25, 0.3) is 11.6 Å². The number of nitrogens with zero attached hydrogens (tertiary/aromatic N) is 2. The van der Waals surface area contributed by atoms with Crippen molar-refractivity contribution in [1.82, 2.24) is 10.3 Å². The summed E-state index contributed by atoms with van der Waals surface area (Å²) in [7, 11) is 0. The highest BCUT2D eigenvalue weighted by Gasteiger charge is 2.14. The van der Waals surface area contributed by atoms with Crippen LogP contribution in [0.4, 0.5) is 11.4 Å². The summed E-state index contributed by atoms with van der Waals surface area (Å²) in [4.78, 5) is 27.4. The molecule has 1 heterocycles. The number of thiocarbonyl (C=S) groups is 1. The van der Waals surface area contributed by atoms with Crippen molar-refractivity contribution in [3.63, 3.8) is 0 Å². The molecular weight excluding hydrogens is 452 g/mol. The molecule has 9 heteroatoms. The number of rotatable bonds is 6. The molecule has 0 aliphatic heterocycles. The van der Waals surface area contributed by atoms with Crippen molar-refractivity contribution in [1.29, 1.82) is 0 Å². The van der Waals surface area contributed by atoms with E-state index in [0.29, 0.717) is 23.1 Å². The van der Waals surface area contributed by atoms with Gasteiger partial charge in [0.05, 0.1) is 4.92 Å². The molecule has 0 fully saturated rings. The lowest BCUT2D eigenvalue weighted by Gasteiger charge is -2.10. The molecule has 0 bridgehead atoms. The molecule has 0 spiro atoms. The van der Waals surface area contributed by atoms with Crippen molar-refractivity contribution in [2.75, 3.05) is 5.32 Å². The zero-order valence-electron chi connectivity index (χ0n) is 18.6. The molecule has 1 aromatic heterocycles. The van der Waals surface area contributed by atoms with Gasteiger partial charge in [-0.2, -0.15) is 0 Å². The van der Waals surface area contributed by atoms with Crippen molar-refractivity contribution in [2.45, 2.75) is 26.2 Å². The van der Waals surface area contributed by atoms with Gasteiger partial charge in [-0.3, -0.25) is 20.2 Å². The highest BCUT2D eigenvalue weighted by molar-refractivity contribution is 7.80. The average molecular weight is 475 g/mol. The number of oxazole rings is 1. The molecule has 3 aromatic carbocycles. The van der Waals surface area contributed by atoms with E-state index in [4.69, 9.17) is 16.6 Å². The van der Waals surface area contributed by atoms with E-state index >= 15 is 0 Å². The van der Waals surface area contributed by atoms with Crippen LogP contribution in [0.5, 0.6) is 0 Å². The number of fused-ring (bicyclic) bond motifs is 1. The molecule has 2 N–H and O–H groups in total. The number of aromatic nitrogens is 1. The smallest absolute Gasteiger partial charge is 0.270 e. The summed E-state index contributed by atoms with van der Waals surface area (Å²) in [6.45, 7) is 4.33. The molecule has 4 rings (SSSR count). The second-order valence-electron chi connectivity index (χ2n) is 7.85. The third-order valence-corrected chi connectivity index (χ3v) is 5.71. The molecule has 0 radical (unpaired) electrons. The number of hydrogen-bond acceptors (Lipinski definition) is 6. The average Bonchev–Trinajstić information content (AvgIpc) is 3.27. The zero-order valence-corrected chi connectivity index (χ0v) is 19.4. The quantitative estimate of drug-likeness (QED) is 0.199. The number of non-ortho nitro benzene ring substituents is 1. The van der Waals surface area contributed by atoms with Crippen molar-refractivity contribution < 1.29 is 14.1 Å². The van der Waals surface area contributed by atoms with Crippen molar-refractivity contribution >= 4 is 45.7 Å². The van der Waals surface area contributed by atoms with Crippen LogP contribution < -0.4 is 10.6 Å². The Morgan fingerprint density at radius 3 is 2.71 bits per heavy atom. The van der Waals surface area contributed by atoms with Gasteiger partial charge in [-0.05, 0) is 66.5 Å². The maximum absolute atomic E-state index is 12.4. The largest absolute Gasteiger partial charge is 0.436 e. The molecule has 1 unspecified atom stereocenters. The van der Waals surface area contributed by atoms with E-state index in [1.165, 1.54) is 29.8 Å². The number of benzene rings is 3. The lowest BCUT2D eigenvalue weighted by atomic mass is 9.98. The first kappa shape index (κ1) is 23.1. The Hall–Kier alpha value is -4.11. The summed E-state index contributed by atoms with van der Waals surface area (Å²) in [5.41, 5.74) is 4.06. The van der Waals surface area contributed by atoms with Gasteiger partial charge in [0, 0.05) is 28.9 Å². The van der Waals surface area contributed by atoms with Crippen LogP contribution in [0, 0.1) is 10.1 Å². The Kier molecular flexibility index (Phi) is 6.65. The number of nitro benzene ring substituents is 1. The molecule has 1 atom stereocenters. The van der Waals surface area contributed by atoms with Gasteiger partial charge in [-0.15, -0.1) is 0 Å². The first-order valence-corrected chi connectivity index (χ1v) is 11.1. The number of anilines is 1. The predicted octanol–water partition coefficient (Wildman–Crippen LogP) is 6.04. The molecule has 0 aliphatic carbocycles. The van der Waals surface area contributed by atoms with Crippen LogP contribution in [0.15, 0.2) is 71.1 Å². The van der Waals surface area contributed by atoms with Crippen LogP contribution in [-0.4, -0.2) is 20.9 Å². The Morgan fingerprint density at radius 1 is 1.15 bits per heavy atom. The SMILES string of the molecule is CCC(C)c1ccc2oc(-c3cccc(NC(=S)NC(=O)c4cccc([N+](=O)[O-])c4)c3)nc2c1. The third-order valence-electron chi connectivity index (χ3n) is 5.51. The standard InChI is InChI=1S/C25H22N4O4S/c1-3-15(2)16-10-11-22-21(14-16)27-24(33-22)18-7-4-8-19(12-18)26-25(34)28-23(30)17-6-5-9-20(13-17)29(31)32/h4-15H,3H2,1-2H3,(H2,26,28,30,34). The topological polar surface area (TPSA) is 110 Å². The number of hydrogen-bond donors (Lipinski definition) is 2. The van der Waals surface area contributed by atoms with Gasteiger partial charge < -0.3 is 9.73 Å². The monoisotopic (exact) mass is 474 g/mol. The number of amides is 1. The van der Waals surface area contributed by atoms with Crippen LogP contribution in [0.3, 0.4) is 0 Å². The summed E-state index contributed by atoms with van der Waals surface area (Å²) in [5, 5.41) is 16.5. The summed E-state index contributed by atoms with van der Waals surface area (Å²) in [5.74, 6) is 0.371. The molecule has 0 saturated heterocycles. The van der Waals surface area contributed by atoms with Crippen LogP contribution in [0.1, 0.15) is 42.1 Å². The molecule has 4 aromatic rings. The van der Waals surface area contributed by atoms with Crippen molar-refractivity contribution in [3.05, 3.63) is 88.0 Å². The summed E-state index contributed by atoms with van der Waals surface area (Å²) in [6.07, 6.45) is 1.04. The Labute approximate surface area is 201 Å². The highest BCUT2D eigenvalue weighted by Crippen LogP contribution is 2.29. The van der Waals surface area contributed by atoms with Crippen LogP contribution in [-0.2, 0) is 0 Å². The van der Waals surface area contributed by atoms with Gasteiger partial charge in [0.2, 0.25) is 5.89 Å². The molecule has 34 heavy (non-hydrogen) atoms. The Balaban J connectivity index is 1.48. The van der Waals surface area contributed by atoms with Crippen LogP contribution in [0.25, 0.3) is 22.6 Å². The van der Waals surface area contributed by atoms with Crippen LogP contribution in [0.2, 0.25) is 0 Å². The number of carbonyl (C=O) groups excluding carboxylic acids is 1. The number of nitro groups is 1. The third kappa shape index (κ3) is 5.10. The first-order valence-electron chi connectivity index (χ1n) is 10.7. The van der Waals surface area contributed by atoms with E-state index in [9.17, 15) is 14.9 Å². The minimum absolute atomic E-state index is 0.0596. The second-order valence-corrected chi connectivity index (χ2v) is 8.26. The summed E-state index contributed by atoms with van der Waals surface area (Å²) in [6, 6.07) is 18.8. The van der Waals surface area contributed by atoms with Crippen molar-refractivity contribution in [2.24, 2.45) is 0 Å². The Morgan fingerprint density at radius 2 is 1.94 bits per heavy atom. The van der Waals surface area contributed by atoms with E-state index in [1.807, 2.05) is 24.3 Å². The van der Waals surface area contributed by atoms with E-state index in [2.05, 4.69) is 41.6 Å². The van der Waals surface area contributed by atoms with E-state index in [0.717, 1.165) is 17.5 Å². The van der Waals surface area contributed by atoms with E-state index in [1.54, 1.807) is 6.07 Å². The maximum Gasteiger partial charge on any atom is 0.270 e. The minimum Gasteiger partial charge on any atom is -0.436 e. The zero-order chi connectivity index (χ0) is 24.2. The lowest BCUT2D eigenvalue weighted by Crippen LogP contribution is -2.34. The first-order chi connectivity index (χ1) is 16.3. The lowest BCUT2D eigenvalue weighted by molar-refractivity contribution is -0.384. The number of carbonyl (C=O) groups is 1. The number of nitrogens with one attached hydrogen (secondary N) is 2. The maximum atomic E-state index is 12.4. The Bertz CT molecular complexity index is 1400. The minimum atomic E-state index is -0.559. The van der Waals surface area contributed by atoms with Crippen LogP contribution >= 0.6 is 12.2 Å². The fraction of sp³-hybridized carbons (Fsp3) is 0.160. The van der Waals surface area contributed by atoms with Gasteiger partial charge in [-0.1, -0.05) is 32.0 Å². The normalized spacial score (nSPS) is 11.7. The second kappa shape index (κ2) is 9.80. The van der Waals surface area contributed by atoms with Gasteiger partial charge in [0.15, 0.2) is 10.7 Å². The molecule has 0 saturated carbocycles. The predicted molar refractivity (Wildman–Crippen MR) is 135 cm³/mol. The molecule has 172 valence electrons. The van der Waals surface area contributed by atoms with Gasteiger partial charge in [0.1, 0.15) is 5.52 Å². The van der Waals surface area contributed by atoms with Gasteiger partial charge >= 0.3 is 0 Å². The molecule has 1 amide bonds. The molecule has 8 nitrogen and oxygen atoms in total.